The lowest BCUT2D eigenvalue weighted by molar-refractivity contribution is -0.384. The number of nitrogens with zero attached hydrogens (tertiary/aromatic N) is 2. The highest BCUT2D eigenvalue weighted by atomic mass is 16.6. The molecule has 0 N–H and O–H groups in total. The number of non-ortho nitro benzene ring substituents is 1. The van der Waals surface area contributed by atoms with Crippen molar-refractivity contribution in [2.45, 2.75) is 19.9 Å². The summed E-state index contributed by atoms with van der Waals surface area (Å²) in [6.45, 7) is 2.34. The van der Waals surface area contributed by atoms with Gasteiger partial charge in [-0.2, -0.15) is 0 Å². The standard InChI is InChI=1S/C15H16N2O4/c1-3-11(15(18)21-2)6-8-16-9-7-12-4-5-13(17(19)20)10-14(12)16/h4-7,9-10H,3,8H2,1-2H3. The lowest BCUT2D eigenvalue weighted by Gasteiger charge is -2.05. The predicted molar refractivity (Wildman–Crippen MR) is 79.0 cm³/mol. The van der Waals surface area contributed by atoms with Gasteiger partial charge >= 0.3 is 5.97 Å². The molecule has 1 heterocycles. The molecule has 0 fully saturated rings. The van der Waals surface area contributed by atoms with Gasteiger partial charge in [0.2, 0.25) is 0 Å². The van der Waals surface area contributed by atoms with Crippen molar-refractivity contribution in [2.75, 3.05) is 7.11 Å². The SMILES string of the molecule is CCC(=CCn1ccc2ccc([N+](=O)[O-])cc21)C(=O)OC. The maximum Gasteiger partial charge on any atom is 0.333 e. The molecule has 0 spiro atoms. The fourth-order valence-corrected chi connectivity index (χ4v) is 2.16. The smallest absolute Gasteiger partial charge is 0.333 e. The van der Waals surface area contributed by atoms with Crippen molar-refractivity contribution in [3.8, 4) is 0 Å². The monoisotopic (exact) mass is 288 g/mol. The minimum absolute atomic E-state index is 0.0510. The molecule has 0 unspecified atom stereocenters. The Kier molecular flexibility index (Phi) is 4.37. The molecule has 110 valence electrons. The Morgan fingerprint density at radius 1 is 1.43 bits per heavy atom. The highest BCUT2D eigenvalue weighted by Crippen LogP contribution is 2.22. The minimum atomic E-state index is -0.418. The summed E-state index contributed by atoms with van der Waals surface area (Å²) in [5.41, 5.74) is 1.40. The van der Waals surface area contributed by atoms with Gasteiger partial charge in [-0.1, -0.05) is 13.0 Å². The molecule has 0 atom stereocenters. The number of nitro benzene ring substituents is 1. The van der Waals surface area contributed by atoms with Crippen LogP contribution in [0, 0.1) is 10.1 Å². The molecular formula is C15H16N2O4. The number of allylic oxidation sites excluding steroid dienone is 1. The normalized spacial score (nSPS) is 11.6. The topological polar surface area (TPSA) is 74.4 Å². The van der Waals surface area contributed by atoms with E-state index in [1.165, 1.54) is 19.2 Å². The number of fused-ring (bicyclic) bond motifs is 1. The van der Waals surface area contributed by atoms with Crippen molar-refractivity contribution in [3.05, 3.63) is 52.2 Å². The Labute approximate surface area is 121 Å². The Morgan fingerprint density at radius 2 is 2.19 bits per heavy atom. The Morgan fingerprint density at radius 3 is 2.81 bits per heavy atom. The van der Waals surface area contributed by atoms with Crippen LogP contribution in [0.25, 0.3) is 10.9 Å². The summed E-state index contributed by atoms with van der Waals surface area (Å²) in [4.78, 5) is 21.9. The lowest BCUT2D eigenvalue weighted by Crippen LogP contribution is -2.05. The molecule has 0 saturated heterocycles. The second kappa shape index (κ2) is 6.21. The van der Waals surface area contributed by atoms with Crippen molar-refractivity contribution in [2.24, 2.45) is 0 Å². The summed E-state index contributed by atoms with van der Waals surface area (Å²) in [7, 11) is 1.35. The molecule has 0 bridgehead atoms. The van der Waals surface area contributed by atoms with E-state index in [2.05, 4.69) is 0 Å². The first kappa shape index (κ1) is 14.8. The van der Waals surface area contributed by atoms with Crippen molar-refractivity contribution in [3.63, 3.8) is 0 Å². The lowest BCUT2D eigenvalue weighted by atomic mass is 10.2. The molecule has 6 heteroatoms. The van der Waals surface area contributed by atoms with E-state index in [-0.39, 0.29) is 11.7 Å². The molecule has 0 aliphatic rings. The first-order valence-electron chi connectivity index (χ1n) is 6.57. The predicted octanol–water partition coefficient (Wildman–Crippen LogP) is 3.06. The third-order valence-electron chi connectivity index (χ3n) is 3.33. The fraction of sp³-hybridized carbons (Fsp3) is 0.267. The van der Waals surface area contributed by atoms with Crippen molar-refractivity contribution in [1.29, 1.82) is 0 Å². The van der Waals surface area contributed by atoms with Gasteiger partial charge in [0.1, 0.15) is 0 Å². The second-order valence-corrected chi connectivity index (χ2v) is 4.54. The maximum absolute atomic E-state index is 11.5. The number of benzene rings is 1. The Hall–Kier alpha value is -2.63. The third kappa shape index (κ3) is 3.10. The third-order valence-corrected chi connectivity index (χ3v) is 3.33. The van der Waals surface area contributed by atoms with Gasteiger partial charge in [-0.25, -0.2) is 4.79 Å². The number of aromatic nitrogens is 1. The zero-order chi connectivity index (χ0) is 15.4. The Bertz CT molecular complexity index is 716. The maximum atomic E-state index is 11.5. The zero-order valence-electron chi connectivity index (χ0n) is 11.9. The van der Waals surface area contributed by atoms with Gasteiger partial charge in [0.25, 0.3) is 5.69 Å². The van der Waals surface area contributed by atoms with Crippen LogP contribution >= 0.6 is 0 Å². The van der Waals surface area contributed by atoms with Crippen LogP contribution in [0.2, 0.25) is 0 Å². The van der Waals surface area contributed by atoms with Crippen LogP contribution in [-0.4, -0.2) is 22.6 Å². The van der Waals surface area contributed by atoms with Crippen LogP contribution in [0.15, 0.2) is 42.1 Å². The minimum Gasteiger partial charge on any atom is -0.466 e. The van der Waals surface area contributed by atoms with Gasteiger partial charge in [-0.05, 0) is 18.6 Å². The average Bonchev–Trinajstić information content (AvgIpc) is 2.89. The number of carbonyl (C=O) groups is 1. The van der Waals surface area contributed by atoms with Crippen molar-refractivity contribution < 1.29 is 14.5 Å². The number of methoxy groups -OCH3 is 1. The van der Waals surface area contributed by atoms with E-state index >= 15 is 0 Å². The van der Waals surface area contributed by atoms with Crippen LogP contribution in [0.4, 0.5) is 5.69 Å². The van der Waals surface area contributed by atoms with Crippen molar-refractivity contribution in [1.82, 2.24) is 4.57 Å². The summed E-state index contributed by atoms with van der Waals surface area (Å²) in [6.07, 6.45) is 4.20. The van der Waals surface area contributed by atoms with Crippen LogP contribution in [0.1, 0.15) is 13.3 Å². The van der Waals surface area contributed by atoms with Crippen LogP contribution in [0.3, 0.4) is 0 Å². The number of ether oxygens (including phenoxy) is 1. The fourth-order valence-electron chi connectivity index (χ4n) is 2.16. The van der Waals surface area contributed by atoms with Crippen molar-refractivity contribution >= 4 is 22.6 Å². The zero-order valence-corrected chi connectivity index (χ0v) is 11.9. The molecule has 0 radical (unpaired) electrons. The number of hydrogen-bond acceptors (Lipinski definition) is 4. The van der Waals surface area contributed by atoms with Gasteiger partial charge < -0.3 is 9.30 Å². The van der Waals surface area contributed by atoms with Crippen LogP contribution < -0.4 is 0 Å². The van der Waals surface area contributed by atoms with E-state index in [1.807, 2.05) is 23.8 Å². The molecule has 1 aromatic carbocycles. The average molecular weight is 288 g/mol. The number of carbonyl (C=O) groups excluding carboxylic acids is 1. The number of esters is 1. The summed E-state index contributed by atoms with van der Waals surface area (Å²) >= 11 is 0. The Balaban J connectivity index is 2.34. The molecule has 6 nitrogen and oxygen atoms in total. The molecule has 0 aliphatic heterocycles. The first-order chi connectivity index (χ1) is 10.1. The van der Waals surface area contributed by atoms with E-state index in [0.717, 1.165) is 10.9 Å². The van der Waals surface area contributed by atoms with E-state index in [4.69, 9.17) is 4.74 Å². The summed E-state index contributed by atoms with van der Waals surface area (Å²) < 4.78 is 6.57. The largest absolute Gasteiger partial charge is 0.466 e. The van der Waals surface area contributed by atoms with Gasteiger partial charge in [0.05, 0.1) is 17.5 Å². The van der Waals surface area contributed by atoms with E-state index in [0.29, 0.717) is 18.5 Å². The van der Waals surface area contributed by atoms with Gasteiger partial charge in [0, 0.05) is 35.8 Å². The number of hydrogen-bond donors (Lipinski definition) is 0. The van der Waals surface area contributed by atoms with Gasteiger partial charge in [0.15, 0.2) is 0 Å². The molecular weight excluding hydrogens is 272 g/mol. The van der Waals surface area contributed by atoms with E-state index < -0.39 is 4.92 Å². The van der Waals surface area contributed by atoms with Gasteiger partial charge in [-0.15, -0.1) is 0 Å². The molecule has 21 heavy (non-hydrogen) atoms. The van der Waals surface area contributed by atoms with Gasteiger partial charge in [-0.3, -0.25) is 10.1 Å². The molecule has 0 saturated carbocycles. The summed E-state index contributed by atoms with van der Waals surface area (Å²) in [5, 5.41) is 11.8. The second-order valence-electron chi connectivity index (χ2n) is 4.54. The molecule has 0 amide bonds. The number of nitro groups is 1. The quantitative estimate of drug-likeness (QED) is 0.367. The summed E-state index contributed by atoms with van der Waals surface area (Å²) in [5.74, 6) is -0.347. The molecule has 2 rings (SSSR count). The van der Waals surface area contributed by atoms with E-state index in [9.17, 15) is 14.9 Å². The van der Waals surface area contributed by atoms with Crippen LogP contribution in [0.5, 0.6) is 0 Å². The highest BCUT2D eigenvalue weighted by Gasteiger charge is 2.10. The van der Waals surface area contributed by atoms with Crippen LogP contribution in [-0.2, 0) is 16.1 Å². The van der Waals surface area contributed by atoms with E-state index in [1.54, 1.807) is 12.1 Å². The molecule has 2 aromatic rings. The molecule has 1 aromatic heterocycles. The highest BCUT2D eigenvalue weighted by molar-refractivity contribution is 5.88. The first-order valence-corrected chi connectivity index (χ1v) is 6.57. The number of rotatable bonds is 5. The molecule has 0 aliphatic carbocycles. The summed E-state index contributed by atoms with van der Waals surface area (Å²) in [6, 6.07) is 6.62.